The van der Waals surface area contributed by atoms with Crippen LogP contribution in [0, 0.1) is 5.82 Å². The molecule has 0 bridgehead atoms. The Morgan fingerprint density at radius 1 is 0.867 bits per heavy atom. The van der Waals surface area contributed by atoms with E-state index in [2.05, 4.69) is 73.3 Å². The summed E-state index contributed by atoms with van der Waals surface area (Å²) in [5, 5.41) is 9.68. The van der Waals surface area contributed by atoms with Crippen molar-refractivity contribution in [3.8, 4) is 33.8 Å². The quantitative estimate of drug-likeness (QED) is 0.168. The van der Waals surface area contributed by atoms with Crippen LogP contribution in [0.3, 0.4) is 0 Å². The second-order valence-corrected chi connectivity index (χ2v) is 12.5. The second-order valence-electron chi connectivity index (χ2n) is 12.5. The maximum Gasteiger partial charge on any atom is 0.138 e. The third-order valence-corrected chi connectivity index (χ3v) is 8.80. The van der Waals surface area contributed by atoms with Crippen molar-refractivity contribution in [3.63, 3.8) is 0 Å². The Balaban J connectivity index is 1.17. The summed E-state index contributed by atoms with van der Waals surface area (Å²) < 4.78 is 14.8. The maximum absolute atomic E-state index is 14.8. The van der Waals surface area contributed by atoms with Crippen LogP contribution >= 0.6 is 0 Å². The molecule has 1 fully saturated rings. The zero-order valence-corrected chi connectivity index (χ0v) is 26.0. The first kappa shape index (κ1) is 29.3. The van der Waals surface area contributed by atoms with Crippen molar-refractivity contribution in [1.82, 2.24) is 39.9 Å². The lowest BCUT2D eigenvalue weighted by Gasteiger charge is -2.14. The number of aromatic nitrogens is 6. The van der Waals surface area contributed by atoms with Gasteiger partial charge in [0.15, 0.2) is 0 Å². The summed E-state index contributed by atoms with van der Waals surface area (Å²) in [7, 11) is 4.11. The number of hydrogen-bond donors (Lipinski definition) is 2. The van der Waals surface area contributed by atoms with E-state index in [1.54, 1.807) is 18.3 Å². The first-order valence-corrected chi connectivity index (χ1v) is 15.9. The molecule has 8 nitrogen and oxygen atoms in total. The van der Waals surface area contributed by atoms with Crippen molar-refractivity contribution in [2.24, 2.45) is 0 Å². The highest BCUT2D eigenvalue weighted by Gasteiger charge is 2.17. The number of nitrogens with zero attached hydrogens (tertiary/aromatic N) is 6. The van der Waals surface area contributed by atoms with Gasteiger partial charge in [-0.15, -0.1) is 0 Å². The first-order chi connectivity index (χ1) is 22.0. The number of aromatic amines is 2. The summed E-state index contributed by atoms with van der Waals surface area (Å²) in [6.07, 6.45) is 14.0. The predicted molar refractivity (Wildman–Crippen MR) is 178 cm³/mol. The fourth-order valence-electron chi connectivity index (χ4n) is 6.51. The Kier molecular flexibility index (Phi) is 8.37. The normalized spacial score (nSPS) is 14.0. The number of aryl methyl sites for hydroxylation is 2. The van der Waals surface area contributed by atoms with Crippen molar-refractivity contribution in [3.05, 3.63) is 84.2 Å². The number of fused-ring (bicyclic) bond motifs is 2. The van der Waals surface area contributed by atoms with Gasteiger partial charge >= 0.3 is 0 Å². The van der Waals surface area contributed by atoms with E-state index in [-0.39, 0.29) is 5.82 Å². The minimum atomic E-state index is -0.225. The van der Waals surface area contributed by atoms with Gasteiger partial charge in [0.1, 0.15) is 17.2 Å². The van der Waals surface area contributed by atoms with Gasteiger partial charge in [0.2, 0.25) is 0 Å². The Hall–Kier alpha value is -4.47. The van der Waals surface area contributed by atoms with Crippen LogP contribution in [0.15, 0.2) is 67.3 Å². The molecule has 2 N–H and O–H groups in total. The summed E-state index contributed by atoms with van der Waals surface area (Å²) in [6.45, 7) is 4.56. The molecule has 0 atom stereocenters. The maximum atomic E-state index is 14.8. The van der Waals surface area contributed by atoms with E-state index in [9.17, 15) is 4.39 Å². The number of halogens is 1. The third-order valence-electron chi connectivity index (χ3n) is 8.80. The zero-order valence-electron chi connectivity index (χ0n) is 26.0. The lowest BCUT2D eigenvalue weighted by atomic mass is 9.99. The number of hydrogen-bond acceptors (Lipinski definition) is 6. The van der Waals surface area contributed by atoms with Crippen LogP contribution in [0.25, 0.3) is 55.7 Å². The van der Waals surface area contributed by atoms with Gasteiger partial charge in [0.05, 0.1) is 23.1 Å². The van der Waals surface area contributed by atoms with E-state index in [0.717, 1.165) is 100 Å². The molecule has 7 rings (SSSR count). The monoisotopic (exact) mass is 602 g/mol. The van der Waals surface area contributed by atoms with E-state index in [1.165, 1.54) is 31.5 Å². The van der Waals surface area contributed by atoms with Crippen molar-refractivity contribution >= 4 is 21.9 Å². The summed E-state index contributed by atoms with van der Waals surface area (Å²) >= 11 is 0. The average Bonchev–Trinajstić information content (AvgIpc) is 3.80. The lowest BCUT2D eigenvalue weighted by Crippen LogP contribution is -2.20. The lowest BCUT2D eigenvalue weighted by molar-refractivity contribution is 0.334. The highest BCUT2D eigenvalue weighted by atomic mass is 19.1. The van der Waals surface area contributed by atoms with Crippen molar-refractivity contribution in [2.75, 3.05) is 40.3 Å². The van der Waals surface area contributed by atoms with Crippen molar-refractivity contribution < 1.29 is 4.39 Å². The molecule has 0 aliphatic carbocycles. The molecule has 0 spiro atoms. The molecule has 1 aliphatic rings. The molecule has 6 heterocycles. The van der Waals surface area contributed by atoms with Crippen molar-refractivity contribution in [2.45, 2.75) is 38.5 Å². The van der Waals surface area contributed by atoms with Crippen molar-refractivity contribution in [1.29, 1.82) is 0 Å². The van der Waals surface area contributed by atoms with Crippen LogP contribution in [0.4, 0.5) is 4.39 Å². The standard InChI is InChI=1S/C36H39FN8/c1-44(2)11-5-7-24-15-26(18-28(37)17-24)29-9-10-39-36-30(29)19-33(41-36)35-31-20-32(40-23-34(31)42-43-35)27-16-25(21-38-22-27)8-6-14-45-12-3-4-13-45/h9-10,15-23H,3-8,11-14H2,1-2H3,(H,39,41)(H,42,43). The van der Waals surface area contributed by atoms with Crippen LogP contribution in [-0.2, 0) is 12.8 Å². The molecule has 1 saturated heterocycles. The summed E-state index contributed by atoms with van der Waals surface area (Å²) in [4.78, 5) is 22.0. The second kappa shape index (κ2) is 12.9. The molecule has 1 aromatic carbocycles. The molecule has 5 aromatic heterocycles. The fourth-order valence-corrected chi connectivity index (χ4v) is 6.51. The van der Waals surface area contributed by atoms with Gasteiger partial charge in [-0.1, -0.05) is 6.07 Å². The molecule has 1 aliphatic heterocycles. The Morgan fingerprint density at radius 3 is 2.58 bits per heavy atom. The summed E-state index contributed by atoms with van der Waals surface area (Å²) in [6, 6.07) is 13.6. The highest BCUT2D eigenvalue weighted by molar-refractivity contribution is 6.00. The van der Waals surface area contributed by atoms with Gasteiger partial charge in [-0.25, -0.2) is 9.37 Å². The van der Waals surface area contributed by atoms with Crippen LogP contribution in [-0.4, -0.2) is 80.2 Å². The van der Waals surface area contributed by atoms with Gasteiger partial charge in [0.25, 0.3) is 0 Å². The van der Waals surface area contributed by atoms with E-state index in [1.807, 2.05) is 24.7 Å². The number of rotatable bonds is 11. The first-order valence-electron chi connectivity index (χ1n) is 15.9. The van der Waals surface area contributed by atoms with Crippen LogP contribution in [0.1, 0.15) is 36.8 Å². The summed E-state index contributed by atoms with van der Waals surface area (Å²) in [5.41, 5.74) is 9.07. The number of pyridine rings is 3. The average molecular weight is 603 g/mol. The molecule has 0 unspecified atom stereocenters. The Morgan fingerprint density at radius 2 is 1.71 bits per heavy atom. The van der Waals surface area contributed by atoms with Gasteiger partial charge in [-0.3, -0.25) is 15.1 Å². The number of likely N-dealkylation sites (tertiary alicyclic amines) is 1. The number of H-pyrrole nitrogens is 2. The molecule has 45 heavy (non-hydrogen) atoms. The van der Waals surface area contributed by atoms with Crippen LogP contribution in [0.2, 0.25) is 0 Å². The van der Waals surface area contributed by atoms with Gasteiger partial charge in [0, 0.05) is 34.9 Å². The van der Waals surface area contributed by atoms with E-state index in [0.29, 0.717) is 0 Å². The number of benzene rings is 1. The molecular weight excluding hydrogens is 563 g/mol. The van der Waals surface area contributed by atoms with E-state index >= 15 is 0 Å². The largest absolute Gasteiger partial charge is 0.338 e. The topological polar surface area (TPSA) is 89.6 Å². The molecule has 0 radical (unpaired) electrons. The molecule has 0 saturated carbocycles. The minimum Gasteiger partial charge on any atom is -0.338 e. The van der Waals surface area contributed by atoms with Gasteiger partial charge in [-0.05, 0) is 137 Å². The molecule has 230 valence electrons. The van der Waals surface area contributed by atoms with E-state index in [4.69, 9.17) is 4.98 Å². The van der Waals surface area contributed by atoms with Gasteiger partial charge in [-0.2, -0.15) is 5.10 Å². The molecular formula is C36H39FN8. The fraction of sp³-hybridized carbons (Fsp3) is 0.333. The highest BCUT2D eigenvalue weighted by Crippen LogP contribution is 2.35. The Bertz CT molecular complexity index is 1930. The number of nitrogens with one attached hydrogen (secondary N) is 2. The Labute approximate surface area is 262 Å². The van der Waals surface area contributed by atoms with Gasteiger partial charge < -0.3 is 14.8 Å². The van der Waals surface area contributed by atoms with E-state index < -0.39 is 0 Å². The smallest absolute Gasteiger partial charge is 0.138 e. The predicted octanol–water partition coefficient (Wildman–Crippen LogP) is 6.89. The third kappa shape index (κ3) is 6.50. The SMILES string of the molecule is CN(C)CCCc1cc(F)cc(-c2ccnc3[nH]c(-c4n[nH]c5cnc(-c6cncc(CCCN7CCCC7)c6)cc45)cc23)c1. The van der Waals surface area contributed by atoms with Crippen LogP contribution < -0.4 is 0 Å². The minimum absolute atomic E-state index is 0.225. The zero-order chi connectivity index (χ0) is 30.8. The summed E-state index contributed by atoms with van der Waals surface area (Å²) in [5.74, 6) is -0.225. The molecule has 0 amide bonds. The van der Waals surface area contributed by atoms with Crippen LogP contribution in [0.5, 0.6) is 0 Å². The molecule has 6 aromatic rings. The molecule has 9 heteroatoms.